The van der Waals surface area contributed by atoms with E-state index in [-0.39, 0.29) is 11.7 Å². The third-order valence-electron chi connectivity index (χ3n) is 4.34. The molecule has 0 unspecified atom stereocenters. The zero-order valence-corrected chi connectivity index (χ0v) is 12.8. The highest BCUT2D eigenvalue weighted by molar-refractivity contribution is 6.00. The fraction of sp³-hybridized carbons (Fsp3) is 0.643. The van der Waals surface area contributed by atoms with Crippen molar-refractivity contribution in [1.82, 2.24) is 15.1 Å². The minimum atomic E-state index is -0.763. The first kappa shape index (κ1) is 15.3. The molecule has 1 aliphatic carbocycles. The fourth-order valence-corrected chi connectivity index (χ4v) is 2.90. The molecule has 4 N–H and O–H groups in total. The highest BCUT2D eigenvalue weighted by Crippen LogP contribution is 2.32. The van der Waals surface area contributed by atoms with E-state index in [0.717, 1.165) is 12.8 Å². The molecule has 0 aliphatic heterocycles. The number of hydrogen-bond acceptors (Lipinski definition) is 4. The highest BCUT2D eigenvalue weighted by atomic mass is 16.4. The van der Waals surface area contributed by atoms with Crippen LogP contribution in [0.2, 0.25) is 0 Å². The Morgan fingerprint density at radius 1 is 1.57 bits per heavy atom. The molecule has 7 nitrogen and oxygen atoms in total. The van der Waals surface area contributed by atoms with E-state index in [2.05, 4.69) is 22.5 Å². The predicted octanol–water partition coefficient (Wildman–Crippen LogP) is 1.15. The topological polar surface area (TPSA) is 106 Å². The Kier molecular flexibility index (Phi) is 4.20. The third-order valence-corrected chi connectivity index (χ3v) is 4.34. The lowest BCUT2D eigenvalue weighted by atomic mass is 9.76. The Labute approximate surface area is 124 Å². The summed E-state index contributed by atoms with van der Waals surface area (Å²) in [6.07, 6.45) is 4.89. The second kappa shape index (κ2) is 5.75. The van der Waals surface area contributed by atoms with Crippen LogP contribution in [-0.4, -0.2) is 32.3 Å². The largest absolute Gasteiger partial charge is 0.409 e. The molecule has 1 aromatic heterocycles. The van der Waals surface area contributed by atoms with Crippen LogP contribution in [0.1, 0.15) is 48.7 Å². The summed E-state index contributed by atoms with van der Waals surface area (Å²) in [5.41, 5.74) is 6.27. The van der Waals surface area contributed by atoms with Crippen LogP contribution in [0.15, 0.2) is 11.4 Å². The Hall–Kier alpha value is -2.05. The molecule has 2 rings (SSSR count). The summed E-state index contributed by atoms with van der Waals surface area (Å²) < 4.78 is 1.60. The molecule has 7 heteroatoms. The van der Waals surface area contributed by atoms with E-state index in [0.29, 0.717) is 30.0 Å². The number of nitrogens with two attached hydrogens (primary N) is 1. The molecular weight excluding hydrogens is 270 g/mol. The van der Waals surface area contributed by atoms with Gasteiger partial charge in [-0.15, -0.1) is 0 Å². The third kappa shape index (κ3) is 3.01. The number of aromatic nitrogens is 2. The number of oxime groups is 1. The van der Waals surface area contributed by atoms with Crippen molar-refractivity contribution in [3.05, 3.63) is 17.5 Å². The van der Waals surface area contributed by atoms with E-state index < -0.39 is 5.54 Å². The highest BCUT2D eigenvalue weighted by Gasteiger charge is 2.40. The zero-order chi connectivity index (χ0) is 15.6. The van der Waals surface area contributed by atoms with Gasteiger partial charge >= 0.3 is 0 Å². The zero-order valence-electron chi connectivity index (χ0n) is 12.8. The second-order valence-corrected chi connectivity index (χ2v) is 6.01. The molecule has 0 atom stereocenters. The monoisotopic (exact) mass is 293 g/mol. The number of nitrogens with zero attached hydrogens (tertiary/aromatic N) is 3. The number of aryl methyl sites for hydroxylation is 2. The number of rotatable bonds is 3. The van der Waals surface area contributed by atoms with Crippen molar-refractivity contribution in [2.24, 2.45) is 23.9 Å². The van der Waals surface area contributed by atoms with Crippen molar-refractivity contribution in [3.8, 4) is 0 Å². The van der Waals surface area contributed by atoms with Gasteiger partial charge < -0.3 is 16.3 Å². The minimum absolute atomic E-state index is 0.0734. The summed E-state index contributed by atoms with van der Waals surface area (Å²) in [6, 6.07) is 0. The van der Waals surface area contributed by atoms with Gasteiger partial charge in [0, 0.05) is 13.2 Å². The van der Waals surface area contributed by atoms with Crippen molar-refractivity contribution in [2.75, 3.05) is 0 Å². The van der Waals surface area contributed by atoms with Crippen LogP contribution in [0.4, 0.5) is 0 Å². The normalized spacial score (nSPS) is 26.6. The molecule has 1 saturated carbocycles. The van der Waals surface area contributed by atoms with Gasteiger partial charge in [-0.2, -0.15) is 5.10 Å². The van der Waals surface area contributed by atoms with Crippen LogP contribution in [0.25, 0.3) is 0 Å². The molecule has 1 fully saturated rings. The SMILES string of the molecule is Cc1nn(C)cc1C(=O)NC1(C(N)=NO)CCC(C)CC1. The van der Waals surface area contributed by atoms with Crippen LogP contribution in [0, 0.1) is 12.8 Å². The number of carbonyl (C=O) groups excluding carboxylic acids is 1. The maximum absolute atomic E-state index is 12.5. The Morgan fingerprint density at radius 3 is 2.67 bits per heavy atom. The first-order chi connectivity index (χ1) is 9.88. The van der Waals surface area contributed by atoms with E-state index >= 15 is 0 Å². The average Bonchev–Trinajstić information content (AvgIpc) is 2.79. The number of amides is 1. The van der Waals surface area contributed by atoms with Gasteiger partial charge in [0.1, 0.15) is 5.54 Å². The van der Waals surface area contributed by atoms with E-state index in [4.69, 9.17) is 10.9 Å². The summed E-state index contributed by atoms with van der Waals surface area (Å²) in [5, 5.41) is 19.3. The van der Waals surface area contributed by atoms with Crippen molar-refractivity contribution in [3.63, 3.8) is 0 Å². The van der Waals surface area contributed by atoms with Gasteiger partial charge in [-0.25, -0.2) is 0 Å². The van der Waals surface area contributed by atoms with Gasteiger partial charge in [0.15, 0.2) is 5.84 Å². The molecule has 21 heavy (non-hydrogen) atoms. The lowest BCUT2D eigenvalue weighted by Crippen LogP contribution is -2.59. The van der Waals surface area contributed by atoms with Gasteiger partial charge in [0.2, 0.25) is 0 Å². The van der Waals surface area contributed by atoms with Crippen LogP contribution in [-0.2, 0) is 7.05 Å². The smallest absolute Gasteiger partial charge is 0.255 e. The first-order valence-corrected chi connectivity index (χ1v) is 7.19. The summed E-state index contributed by atoms with van der Waals surface area (Å²) in [6.45, 7) is 3.96. The van der Waals surface area contributed by atoms with E-state index in [1.165, 1.54) is 0 Å². The summed E-state index contributed by atoms with van der Waals surface area (Å²) in [7, 11) is 1.77. The Bertz CT molecular complexity index is 556. The van der Waals surface area contributed by atoms with Crippen molar-refractivity contribution in [1.29, 1.82) is 0 Å². The number of carbonyl (C=O) groups is 1. The molecule has 1 heterocycles. The molecule has 1 amide bonds. The predicted molar refractivity (Wildman–Crippen MR) is 79.2 cm³/mol. The second-order valence-electron chi connectivity index (χ2n) is 6.01. The van der Waals surface area contributed by atoms with E-state index in [1.807, 2.05) is 0 Å². The molecular formula is C14H23N5O2. The lowest BCUT2D eigenvalue weighted by Gasteiger charge is -2.38. The maximum Gasteiger partial charge on any atom is 0.255 e. The molecule has 0 radical (unpaired) electrons. The molecule has 0 bridgehead atoms. The summed E-state index contributed by atoms with van der Waals surface area (Å²) in [5.74, 6) is 0.424. The molecule has 116 valence electrons. The maximum atomic E-state index is 12.5. The molecule has 0 saturated heterocycles. The van der Waals surface area contributed by atoms with E-state index in [9.17, 15) is 4.79 Å². The van der Waals surface area contributed by atoms with Crippen LogP contribution >= 0.6 is 0 Å². The van der Waals surface area contributed by atoms with Gasteiger partial charge in [0.25, 0.3) is 5.91 Å². The van der Waals surface area contributed by atoms with Crippen LogP contribution in [0.3, 0.4) is 0 Å². The molecule has 0 spiro atoms. The number of amidine groups is 1. The fourth-order valence-electron chi connectivity index (χ4n) is 2.90. The van der Waals surface area contributed by atoms with Crippen LogP contribution in [0.5, 0.6) is 0 Å². The van der Waals surface area contributed by atoms with Crippen molar-refractivity contribution in [2.45, 2.75) is 45.1 Å². The molecule has 1 aliphatic rings. The Balaban J connectivity index is 2.23. The standard InChI is InChI=1S/C14H23N5O2/c1-9-4-6-14(7-5-9,13(15)18-21)16-12(20)11-8-19(3)17-10(11)2/h8-9,21H,4-7H2,1-3H3,(H2,15,18)(H,16,20). The molecule has 1 aromatic rings. The first-order valence-electron chi connectivity index (χ1n) is 7.19. The van der Waals surface area contributed by atoms with Gasteiger partial charge in [0.05, 0.1) is 11.3 Å². The van der Waals surface area contributed by atoms with Crippen LogP contribution < -0.4 is 11.1 Å². The number of nitrogens with one attached hydrogen (secondary N) is 1. The van der Waals surface area contributed by atoms with E-state index in [1.54, 1.807) is 24.9 Å². The lowest BCUT2D eigenvalue weighted by molar-refractivity contribution is 0.0897. The quantitative estimate of drug-likeness (QED) is 0.336. The summed E-state index contributed by atoms with van der Waals surface area (Å²) >= 11 is 0. The van der Waals surface area contributed by atoms with Gasteiger partial charge in [-0.05, 0) is 38.5 Å². The Morgan fingerprint density at radius 2 is 2.19 bits per heavy atom. The summed E-state index contributed by atoms with van der Waals surface area (Å²) in [4.78, 5) is 12.5. The number of hydrogen-bond donors (Lipinski definition) is 3. The van der Waals surface area contributed by atoms with Crippen molar-refractivity contribution < 1.29 is 10.0 Å². The van der Waals surface area contributed by atoms with Crippen molar-refractivity contribution >= 4 is 11.7 Å². The van der Waals surface area contributed by atoms with Gasteiger partial charge in [-0.1, -0.05) is 12.1 Å². The average molecular weight is 293 g/mol. The van der Waals surface area contributed by atoms with Gasteiger partial charge in [-0.3, -0.25) is 9.48 Å². The minimum Gasteiger partial charge on any atom is -0.409 e. The molecule has 0 aromatic carbocycles.